The van der Waals surface area contributed by atoms with Gasteiger partial charge in [0.1, 0.15) is 5.69 Å². The van der Waals surface area contributed by atoms with Crippen molar-refractivity contribution in [2.75, 3.05) is 24.5 Å². The van der Waals surface area contributed by atoms with Crippen molar-refractivity contribution < 1.29 is 4.79 Å². The van der Waals surface area contributed by atoms with Gasteiger partial charge in [-0.15, -0.1) is 11.3 Å². The maximum Gasteiger partial charge on any atom is 0.269 e. The summed E-state index contributed by atoms with van der Waals surface area (Å²) in [5.74, 6) is -0.0486. The molecule has 0 atom stereocenters. The molecule has 7 heteroatoms. The van der Waals surface area contributed by atoms with Crippen molar-refractivity contribution in [3.8, 4) is 0 Å². The number of nitrogens with zero attached hydrogens (tertiary/aromatic N) is 4. The van der Waals surface area contributed by atoms with E-state index in [2.05, 4.69) is 34.5 Å². The predicted molar refractivity (Wildman–Crippen MR) is 106 cm³/mol. The Morgan fingerprint density at radius 2 is 2.04 bits per heavy atom. The molecule has 0 aromatic carbocycles. The third-order valence-corrected chi connectivity index (χ3v) is 5.91. The molecule has 2 aromatic rings. The zero-order chi connectivity index (χ0) is 18.5. The minimum Gasteiger partial charge on any atom is -0.350 e. The Bertz CT molecular complexity index is 728. The molecule has 1 aliphatic heterocycles. The van der Waals surface area contributed by atoms with Gasteiger partial charge in [0.2, 0.25) is 0 Å². The summed E-state index contributed by atoms with van der Waals surface area (Å²) in [4.78, 5) is 19.7. The van der Waals surface area contributed by atoms with Crippen LogP contribution in [0.15, 0.2) is 11.4 Å². The minimum absolute atomic E-state index is 0.0486. The van der Waals surface area contributed by atoms with Crippen LogP contribution in [0.1, 0.15) is 67.4 Å². The van der Waals surface area contributed by atoms with Crippen molar-refractivity contribution >= 4 is 22.4 Å². The molecule has 0 bridgehead atoms. The number of carbonyl (C=O) groups is 1. The topological polar surface area (TPSA) is 63.1 Å². The predicted octanol–water partition coefficient (Wildman–Crippen LogP) is 3.58. The molecule has 3 heterocycles. The van der Waals surface area contributed by atoms with E-state index in [9.17, 15) is 4.79 Å². The smallest absolute Gasteiger partial charge is 0.269 e. The minimum atomic E-state index is -0.0486. The van der Waals surface area contributed by atoms with Crippen LogP contribution < -0.4 is 10.2 Å². The van der Waals surface area contributed by atoms with E-state index in [-0.39, 0.29) is 11.9 Å². The summed E-state index contributed by atoms with van der Waals surface area (Å²) in [5, 5.41) is 10.8. The van der Waals surface area contributed by atoms with Crippen molar-refractivity contribution in [1.29, 1.82) is 0 Å². The van der Waals surface area contributed by atoms with Gasteiger partial charge in [-0.25, -0.2) is 4.98 Å². The van der Waals surface area contributed by atoms with E-state index in [1.807, 2.05) is 17.7 Å². The Morgan fingerprint density at radius 3 is 2.73 bits per heavy atom. The molecule has 0 saturated carbocycles. The second-order valence-corrected chi connectivity index (χ2v) is 7.74. The SMILES string of the molecule is CCC(CC)n1nc(C)cc1C(=O)NCCc1csc(N2CCCC2)n1. The molecule has 1 N–H and O–H groups in total. The van der Waals surface area contributed by atoms with Crippen LogP contribution in [0.2, 0.25) is 0 Å². The highest BCUT2D eigenvalue weighted by Gasteiger charge is 2.19. The molecule has 0 aliphatic carbocycles. The second-order valence-electron chi connectivity index (χ2n) is 6.91. The number of aryl methyl sites for hydroxylation is 1. The maximum atomic E-state index is 12.6. The monoisotopic (exact) mass is 375 g/mol. The van der Waals surface area contributed by atoms with Crippen LogP contribution in [0, 0.1) is 6.92 Å². The number of hydrogen-bond donors (Lipinski definition) is 1. The normalized spacial score (nSPS) is 14.4. The summed E-state index contributed by atoms with van der Waals surface area (Å²) in [6.45, 7) is 9.02. The van der Waals surface area contributed by atoms with Crippen molar-refractivity contribution in [3.05, 3.63) is 28.5 Å². The van der Waals surface area contributed by atoms with E-state index < -0.39 is 0 Å². The van der Waals surface area contributed by atoms with Crippen LogP contribution in [0.25, 0.3) is 0 Å². The van der Waals surface area contributed by atoms with E-state index in [1.54, 1.807) is 11.3 Å². The Hall–Kier alpha value is -1.89. The lowest BCUT2D eigenvalue weighted by Gasteiger charge is -2.16. The maximum absolute atomic E-state index is 12.6. The lowest BCUT2D eigenvalue weighted by atomic mass is 10.1. The lowest BCUT2D eigenvalue weighted by molar-refractivity contribution is 0.0940. The number of amides is 1. The Balaban J connectivity index is 1.56. The van der Waals surface area contributed by atoms with Crippen LogP contribution in [-0.4, -0.2) is 40.3 Å². The first-order valence-electron chi connectivity index (χ1n) is 9.66. The molecular formula is C19H29N5OS. The van der Waals surface area contributed by atoms with E-state index in [0.717, 1.165) is 48.9 Å². The van der Waals surface area contributed by atoms with Gasteiger partial charge in [-0.3, -0.25) is 9.48 Å². The molecule has 142 valence electrons. The molecule has 0 spiro atoms. The van der Waals surface area contributed by atoms with Crippen molar-refractivity contribution in [2.24, 2.45) is 0 Å². The van der Waals surface area contributed by atoms with Gasteiger partial charge < -0.3 is 10.2 Å². The van der Waals surface area contributed by atoms with Crippen molar-refractivity contribution in [1.82, 2.24) is 20.1 Å². The fraction of sp³-hybridized carbons (Fsp3) is 0.632. The first kappa shape index (κ1) is 18.9. The molecule has 1 fully saturated rings. The fourth-order valence-electron chi connectivity index (χ4n) is 3.46. The molecule has 0 radical (unpaired) electrons. The van der Waals surface area contributed by atoms with Crippen LogP contribution in [0.5, 0.6) is 0 Å². The third kappa shape index (κ3) is 4.26. The van der Waals surface area contributed by atoms with Gasteiger partial charge in [-0.2, -0.15) is 5.10 Å². The van der Waals surface area contributed by atoms with E-state index in [1.165, 1.54) is 12.8 Å². The van der Waals surface area contributed by atoms with Crippen LogP contribution in [0.4, 0.5) is 5.13 Å². The number of carbonyl (C=O) groups excluding carboxylic acids is 1. The quantitative estimate of drug-likeness (QED) is 0.766. The van der Waals surface area contributed by atoms with Crippen LogP contribution >= 0.6 is 11.3 Å². The largest absolute Gasteiger partial charge is 0.350 e. The Kier molecular flexibility index (Phi) is 6.29. The highest BCUT2D eigenvalue weighted by atomic mass is 32.1. The third-order valence-electron chi connectivity index (χ3n) is 4.96. The second kappa shape index (κ2) is 8.66. The number of rotatable bonds is 8. The number of nitrogens with one attached hydrogen (secondary N) is 1. The molecule has 26 heavy (non-hydrogen) atoms. The standard InChI is InChI=1S/C19H29N5OS/c1-4-16(5-2)24-17(12-14(3)22-24)18(25)20-9-8-15-13-26-19(21-15)23-10-6-7-11-23/h12-13,16H,4-11H2,1-3H3,(H,20,25). The van der Waals surface area contributed by atoms with Gasteiger partial charge in [0.25, 0.3) is 5.91 Å². The zero-order valence-electron chi connectivity index (χ0n) is 16.0. The number of aromatic nitrogens is 3. The van der Waals surface area contributed by atoms with Gasteiger partial charge in [0.15, 0.2) is 5.13 Å². The molecular weight excluding hydrogens is 346 g/mol. The molecule has 1 aliphatic rings. The van der Waals surface area contributed by atoms with Crippen LogP contribution in [-0.2, 0) is 6.42 Å². The number of hydrogen-bond acceptors (Lipinski definition) is 5. The summed E-state index contributed by atoms with van der Waals surface area (Å²) in [6, 6.07) is 2.15. The summed E-state index contributed by atoms with van der Waals surface area (Å²) in [5.41, 5.74) is 2.60. The summed E-state index contributed by atoms with van der Waals surface area (Å²) in [6.07, 6.45) is 5.21. The van der Waals surface area contributed by atoms with Crippen molar-refractivity contribution in [2.45, 2.75) is 58.9 Å². The van der Waals surface area contributed by atoms with E-state index in [4.69, 9.17) is 4.98 Å². The molecule has 1 saturated heterocycles. The lowest BCUT2D eigenvalue weighted by Crippen LogP contribution is -2.29. The molecule has 1 amide bonds. The molecule has 3 rings (SSSR count). The van der Waals surface area contributed by atoms with Gasteiger partial charge in [0.05, 0.1) is 17.4 Å². The highest BCUT2D eigenvalue weighted by Crippen LogP contribution is 2.24. The number of thiazole rings is 1. The van der Waals surface area contributed by atoms with Gasteiger partial charge >= 0.3 is 0 Å². The number of anilines is 1. The zero-order valence-corrected chi connectivity index (χ0v) is 16.8. The van der Waals surface area contributed by atoms with E-state index >= 15 is 0 Å². The molecule has 6 nitrogen and oxygen atoms in total. The van der Waals surface area contributed by atoms with Crippen molar-refractivity contribution in [3.63, 3.8) is 0 Å². The first-order valence-corrected chi connectivity index (χ1v) is 10.5. The average Bonchev–Trinajstić information content (AvgIpc) is 3.36. The van der Waals surface area contributed by atoms with Gasteiger partial charge in [-0.1, -0.05) is 13.8 Å². The summed E-state index contributed by atoms with van der Waals surface area (Å²) < 4.78 is 1.89. The van der Waals surface area contributed by atoms with Crippen LogP contribution in [0.3, 0.4) is 0 Å². The van der Waals surface area contributed by atoms with Gasteiger partial charge in [-0.05, 0) is 38.7 Å². The Labute approximate surface area is 159 Å². The summed E-state index contributed by atoms with van der Waals surface area (Å²) in [7, 11) is 0. The fourth-order valence-corrected chi connectivity index (χ4v) is 4.37. The van der Waals surface area contributed by atoms with E-state index in [0.29, 0.717) is 12.2 Å². The summed E-state index contributed by atoms with van der Waals surface area (Å²) >= 11 is 1.71. The van der Waals surface area contributed by atoms with Gasteiger partial charge in [0, 0.05) is 31.4 Å². The highest BCUT2D eigenvalue weighted by molar-refractivity contribution is 7.13. The molecule has 0 unspecified atom stereocenters. The Morgan fingerprint density at radius 1 is 1.31 bits per heavy atom. The molecule has 2 aromatic heterocycles. The average molecular weight is 376 g/mol. The first-order chi connectivity index (χ1) is 12.6.